The number of benzene rings is 1. The molecular weight excluding hydrogens is 270 g/mol. The summed E-state index contributed by atoms with van der Waals surface area (Å²) in [6.45, 7) is 0. The highest BCUT2D eigenvalue weighted by Gasteiger charge is 2.04. The molecule has 0 aliphatic carbocycles. The third kappa shape index (κ3) is 2.23. The molecule has 3 rings (SSSR count). The van der Waals surface area contributed by atoms with Gasteiger partial charge in [-0.2, -0.15) is 0 Å². The van der Waals surface area contributed by atoms with Gasteiger partial charge >= 0.3 is 0 Å². The summed E-state index contributed by atoms with van der Waals surface area (Å²) < 4.78 is 6.66. The van der Waals surface area contributed by atoms with Crippen LogP contribution in [0.3, 0.4) is 0 Å². The summed E-state index contributed by atoms with van der Waals surface area (Å²) in [4.78, 5) is 8.14. The molecule has 18 heavy (non-hydrogen) atoms. The third-order valence-corrected chi connectivity index (χ3v) is 3.38. The lowest BCUT2D eigenvalue weighted by Crippen LogP contribution is -1.85. The second-order valence-corrected chi connectivity index (χ2v) is 5.05. The van der Waals surface area contributed by atoms with E-state index in [-0.39, 0.29) is 0 Å². The zero-order valence-corrected chi connectivity index (χ0v) is 10.7. The summed E-state index contributed by atoms with van der Waals surface area (Å²) in [6.07, 6.45) is 1.58. The van der Waals surface area contributed by atoms with Crippen molar-refractivity contribution in [3.63, 3.8) is 0 Å². The van der Waals surface area contributed by atoms with Crippen LogP contribution in [0.4, 0.5) is 5.13 Å². The number of nitrogens with two attached hydrogens (primary N) is 1. The van der Waals surface area contributed by atoms with E-state index in [1.54, 1.807) is 18.3 Å². The Labute approximate surface area is 112 Å². The van der Waals surface area contributed by atoms with Crippen LogP contribution >= 0.6 is 22.9 Å². The number of thiazole rings is 1. The van der Waals surface area contributed by atoms with Gasteiger partial charge in [-0.05, 0) is 24.3 Å². The van der Waals surface area contributed by atoms with Gasteiger partial charge in [0.25, 0.3) is 0 Å². The normalized spacial score (nSPS) is 10.7. The molecule has 2 N–H and O–H groups in total. The molecule has 4 nitrogen and oxygen atoms in total. The minimum absolute atomic E-state index is 0.438. The second kappa shape index (κ2) is 4.44. The Balaban J connectivity index is 1.92. The van der Waals surface area contributed by atoms with Crippen molar-refractivity contribution >= 4 is 38.3 Å². The van der Waals surface area contributed by atoms with Crippen molar-refractivity contribution in [2.45, 2.75) is 0 Å². The Hall–Kier alpha value is -1.85. The predicted octanol–water partition coefficient (Wildman–Crippen LogP) is 3.72. The molecule has 2 aromatic heterocycles. The van der Waals surface area contributed by atoms with E-state index in [2.05, 4.69) is 9.97 Å². The van der Waals surface area contributed by atoms with Gasteiger partial charge in [0.15, 0.2) is 5.13 Å². The maximum Gasteiger partial charge on any atom is 0.181 e. The van der Waals surface area contributed by atoms with Crippen LogP contribution in [0.5, 0.6) is 11.5 Å². The van der Waals surface area contributed by atoms with E-state index in [0.29, 0.717) is 16.0 Å². The Kier molecular flexibility index (Phi) is 2.77. The van der Waals surface area contributed by atoms with Gasteiger partial charge in [0, 0.05) is 6.07 Å². The quantitative estimate of drug-likeness (QED) is 0.725. The molecular formula is C12H8ClN3OS. The number of pyridine rings is 1. The number of rotatable bonds is 2. The summed E-state index contributed by atoms with van der Waals surface area (Å²) in [6, 6.07) is 9.07. The molecule has 0 spiro atoms. The van der Waals surface area contributed by atoms with Crippen LogP contribution in [0.15, 0.2) is 36.5 Å². The highest BCUT2D eigenvalue weighted by molar-refractivity contribution is 7.22. The predicted molar refractivity (Wildman–Crippen MR) is 73.4 cm³/mol. The van der Waals surface area contributed by atoms with Crippen molar-refractivity contribution in [3.8, 4) is 11.5 Å². The molecule has 0 aliphatic rings. The van der Waals surface area contributed by atoms with Crippen LogP contribution in [0.2, 0.25) is 5.15 Å². The van der Waals surface area contributed by atoms with Crippen molar-refractivity contribution in [1.29, 1.82) is 0 Å². The fourth-order valence-electron chi connectivity index (χ4n) is 1.54. The molecule has 0 unspecified atom stereocenters. The van der Waals surface area contributed by atoms with Crippen LogP contribution in [0, 0.1) is 0 Å². The van der Waals surface area contributed by atoms with Gasteiger partial charge in [0.1, 0.15) is 16.7 Å². The van der Waals surface area contributed by atoms with Crippen LogP contribution in [0.1, 0.15) is 0 Å². The molecule has 0 bridgehead atoms. The summed E-state index contributed by atoms with van der Waals surface area (Å²) in [7, 11) is 0. The molecule has 90 valence electrons. The first kappa shape index (κ1) is 11.3. The van der Waals surface area contributed by atoms with Crippen molar-refractivity contribution in [3.05, 3.63) is 41.7 Å². The highest BCUT2D eigenvalue weighted by atomic mass is 35.5. The number of ether oxygens (including phenoxy) is 1. The lowest BCUT2D eigenvalue weighted by molar-refractivity contribution is 0.481. The molecule has 0 aliphatic heterocycles. The van der Waals surface area contributed by atoms with E-state index >= 15 is 0 Å². The molecule has 3 aromatic rings. The molecule has 0 amide bonds. The molecule has 0 saturated heterocycles. The van der Waals surface area contributed by atoms with Crippen LogP contribution in [0.25, 0.3) is 10.2 Å². The van der Waals surface area contributed by atoms with Gasteiger partial charge < -0.3 is 10.5 Å². The fourth-order valence-corrected chi connectivity index (χ4v) is 2.42. The Morgan fingerprint density at radius 1 is 1.17 bits per heavy atom. The third-order valence-electron chi connectivity index (χ3n) is 2.31. The standard InChI is InChI=1S/C12H8ClN3OS/c13-11-4-2-8(6-15-11)17-7-1-3-9-10(5-7)18-12(14)16-9/h1-6H,(H2,14,16). The van der Waals surface area contributed by atoms with Gasteiger partial charge in [-0.1, -0.05) is 22.9 Å². The number of hydrogen-bond donors (Lipinski definition) is 1. The first-order chi connectivity index (χ1) is 8.70. The average molecular weight is 278 g/mol. The summed E-state index contributed by atoms with van der Waals surface area (Å²) >= 11 is 7.14. The van der Waals surface area contributed by atoms with Crippen LogP contribution in [-0.2, 0) is 0 Å². The maximum absolute atomic E-state index is 5.71. The summed E-state index contributed by atoms with van der Waals surface area (Å²) in [5.74, 6) is 1.35. The number of fused-ring (bicyclic) bond motifs is 1. The minimum Gasteiger partial charge on any atom is -0.456 e. The number of anilines is 1. The van der Waals surface area contributed by atoms with Gasteiger partial charge in [-0.15, -0.1) is 0 Å². The second-order valence-electron chi connectivity index (χ2n) is 3.60. The van der Waals surface area contributed by atoms with Crippen molar-refractivity contribution in [1.82, 2.24) is 9.97 Å². The van der Waals surface area contributed by atoms with Crippen molar-refractivity contribution in [2.75, 3.05) is 5.73 Å². The van der Waals surface area contributed by atoms with E-state index in [1.807, 2.05) is 18.2 Å². The Morgan fingerprint density at radius 3 is 2.78 bits per heavy atom. The van der Waals surface area contributed by atoms with Crippen molar-refractivity contribution < 1.29 is 4.74 Å². The molecule has 0 atom stereocenters. The van der Waals surface area contributed by atoms with Crippen LogP contribution < -0.4 is 10.5 Å². The summed E-state index contributed by atoms with van der Waals surface area (Å²) in [5, 5.41) is 0.989. The van der Waals surface area contributed by atoms with E-state index in [1.165, 1.54) is 11.3 Å². The largest absolute Gasteiger partial charge is 0.456 e. The average Bonchev–Trinajstić information content (AvgIpc) is 2.71. The van der Waals surface area contributed by atoms with E-state index in [9.17, 15) is 0 Å². The van der Waals surface area contributed by atoms with E-state index < -0.39 is 0 Å². The van der Waals surface area contributed by atoms with Gasteiger partial charge in [-0.25, -0.2) is 9.97 Å². The molecule has 2 heterocycles. The molecule has 0 radical (unpaired) electrons. The Bertz CT molecular complexity index is 696. The van der Waals surface area contributed by atoms with Gasteiger partial charge in [0.05, 0.1) is 16.4 Å². The number of nitrogen functional groups attached to an aromatic ring is 1. The van der Waals surface area contributed by atoms with E-state index in [0.717, 1.165) is 16.0 Å². The first-order valence-electron chi connectivity index (χ1n) is 5.16. The monoisotopic (exact) mass is 277 g/mol. The molecule has 6 heteroatoms. The topological polar surface area (TPSA) is 61.0 Å². The fraction of sp³-hybridized carbons (Fsp3) is 0. The number of hydrogen-bond acceptors (Lipinski definition) is 5. The lowest BCUT2D eigenvalue weighted by atomic mass is 10.3. The van der Waals surface area contributed by atoms with E-state index in [4.69, 9.17) is 22.1 Å². The SMILES string of the molecule is Nc1nc2ccc(Oc3ccc(Cl)nc3)cc2s1. The zero-order valence-electron chi connectivity index (χ0n) is 9.13. The smallest absolute Gasteiger partial charge is 0.181 e. The number of aromatic nitrogens is 2. The van der Waals surface area contributed by atoms with Gasteiger partial charge in [-0.3, -0.25) is 0 Å². The minimum atomic E-state index is 0.438. The molecule has 0 fully saturated rings. The van der Waals surface area contributed by atoms with Crippen molar-refractivity contribution in [2.24, 2.45) is 0 Å². The zero-order chi connectivity index (χ0) is 12.5. The lowest BCUT2D eigenvalue weighted by Gasteiger charge is -2.04. The highest BCUT2D eigenvalue weighted by Crippen LogP contribution is 2.29. The molecule has 0 saturated carbocycles. The number of halogens is 1. The first-order valence-corrected chi connectivity index (χ1v) is 6.36. The number of nitrogens with zero attached hydrogens (tertiary/aromatic N) is 2. The van der Waals surface area contributed by atoms with Crippen LogP contribution in [-0.4, -0.2) is 9.97 Å². The molecule has 1 aromatic carbocycles. The van der Waals surface area contributed by atoms with Gasteiger partial charge in [0.2, 0.25) is 0 Å². The Morgan fingerprint density at radius 2 is 2.00 bits per heavy atom. The maximum atomic E-state index is 5.71. The summed E-state index contributed by atoms with van der Waals surface area (Å²) in [5.41, 5.74) is 6.53.